The van der Waals surface area contributed by atoms with Gasteiger partial charge in [0.15, 0.2) is 11.6 Å². The Labute approximate surface area is 107 Å². The third-order valence-corrected chi connectivity index (χ3v) is 2.47. The molecule has 0 atom stereocenters. The number of aliphatic imine (C=N–C) groups is 1. The molecule has 2 aromatic carbocycles. The second-order valence-corrected chi connectivity index (χ2v) is 3.72. The normalized spacial score (nSPS) is 10.8. The zero-order valence-corrected chi connectivity index (χ0v) is 9.68. The van der Waals surface area contributed by atoms with Crippen molar-refractivity contribution < 1.29 is 18.7 Å². The average Bonchev–Trinajstić information content (AvgIpc) is 2.40. The average molecular weight is 261 g/mol. The molecule has 0 spiro atoms. The van der Waals surface area contributed by atoms with Crippen LogP contribution in [0.15, 0.2) is 47.5 Å². The van der Waals surface area contributed by atoms with Crippen LogP contribution in [-0.4, -0.2) is 17.3 Å². The Morgan fingerprint density at radius 3 is 2.58 bits per heavy atom. The van der Waals surface area contributed by atoms with Gasteiger partial charge in [-0.2, -0.15) is 0 Å². The van der Waals surface area contributed by atoms with Crippen LogP contribution in [0.25, 0.3) is 0 Å². The lowest BCUT2D eigenvalue weighted by Crippen LogP contribution is -2.01. The number of carboxylic acid groups (broad SMARTS) is 1. The summed E-state index contributed by atoms with van der Waals surface area (Å²) in [4.78, 5) is 14.7. The number of carboxylic acids is 1. The van der Waals surface area contributed by atoms with E-state index in [1.807, 2.05) is 0 Å². The molecular formula is C14H9F2NO2. The van der Waals surface area contributed by atoms with E-state index >= 15 is 0 Å². The first-order valence-electron chi connectivity index (χ1n) is 5.40. The number of hydrogen-bond acceptors (Lipinski definition) is 2. The third kappa shape index (κ3) is 2.82. The van der Waals surface area contributed by atoms with Crippen molar-refractivity contribution in [2.75, 3.05) is 0 Å². The molecule has 19 heavy (non-hydrogen) atoms. The predicted octanol–water partition coefficient (Wildman–Crippen LogP) is 3.41. The number of hydrogen-bond donors (Lipinski definition) is 1. The van der Waals surface area contributed by atoms with Crippen molar-refractivity contribution >= 4 is 17.9 Å². The highest BCUT2D eigenvalue weighted by Crippen LogP contribution is 2.20. The summed E-state index contributed by atoms with van der Waals surface area (Å²) in [6.45, 7) is 0. The van der Waals surface area contributed by atoms with E-state index < -0.39 is 17.6 Å². The van der Waals surface area contributed by atoms with Gasteiger partial charge >= 0.3 is 5.97 Å². The molecule has 0 heterocycles. The summed E-state index contributed by atoms with van der Waals surface area (Å²) >= 11 is 0. The largest absolute Gasteiger partial charge is 0.478 e. The topological polar surface area (TPSA) is 49.7 Å². The highest BCUT2D eigenvalue weighted by molar-refractivity contribution is 5.98. The smallest absolute Gasteiger partial charge is 0.336 e. The van der Waals surface area contributed by atoms with E-state index in [1.165, 1.54) is 30.5 Å². The quantitative estimate of drug-likeness (QED) is 0.861. The highest BCUT2D eigenvalue weighted by Gasteiger charge is 2.08. The fourth-order valence-corrected chi connectivity index (χ4v) is 1.54. The van der Waals surface area contributed by atoms with Crippen molar-refractivity contribution in [3.63, 3.8) is 0 Å². The molecule has 0 unspecified atom stereocenters. The van der Waals surface area contributed by atoms with Gasteiger partial charge in [-0.25, -0.2) is 13.6 Å². The van der Waals surface area contributed by atoms with Crippen molar-refractivity contribution in [3.8, 4) is 0 Å². The number of halogens is 2. The van der Waals surface area contributed by atoms with Crippen molar-refractivity contribution in [2.24, 2.45) is 4.99 Å². The van der Waals surface area contributed by atoms with Crippen molar-refractivity contribution in [1.29, 1.82) is 0 Å². The molecule has 0 aliphatic carbocycles. The monoisotopic (exact) mass is 261 g/mol. The molecule has 2 aromatic rings. The van der Waals surface area contributed by atoms with Crippen molar-refractivity contribution in [3.05, 3.63) is 65.2 Å². The molecule has 0 aliphatic rings. The zero-order valence-electron chi connectivity index (χ0n) is 9.68. The van der Waals surface area contributed by atoms with Crippen LogP contribution in [0.1, 0.15) is 15.9 Å². The summed E-state index contributed by atoms with van der Waals surface area (Å²) < 4.78 is 26.3. The Bertz CT molecular complexity index is 654. The lowest BCUT2D eigenvalue weighted by atomic mass is 10.1. The molecule has 3 nitrogen and oxygen atoms in total. The van der Waals surface area contributed by atoms with Gasteiger partial charge < -0.3 is 5.11 Å². The minimum absolute atomic E-state index is 0.0445. The SMILES string of the molecule is O=C(O)c1ccccc1C=Nc1cccc(F)c1F. The van der Waals surface area contributed by atoms with Crippen LogP contribution in [-0.2, 0) is 0 Å². The fraction of sp³-hybridized carbons (Fsp3) is 0. The first-order chi connectivity index (χ1) is 9.09. The molecular weight excluding hydrogens is 252 g/mol. The van der Waals surface area contributed by atoms with Gasteiger partial charge in [-0.05, 0) is 18.2 Å². The summed E-state index contributed by atoms with van der Waals surface area (Å²) in [7, 11) is 0. The standard InChI is InChI=1S/C14H9F2NO2/c15-11-6-3-7-12(13(11)16)17-8-9-4-1-2-5-10(9)14(18)19/h1-8H,(H,18,19). The lowest BCUT2D eigenvalue weighted by molar-refractivity contribution is 0.0697. The predicted molar refractivity (Wildman–Crippen MR) is 67.0 cm³/mol. The van der Waals surface area contributed by atoms with Crippen LogP contribution < -0.4 is 0 Å². The van der Waals surface area contributed by atoms with E-state index in [2.05, 4.69) is 4.99 Å². The van der Waals surface area contributed by atoms with E-state index in [-0.39, 0.29) is 11.3 Å². The van der Waals surface area contributed by atoms with Gasteiger partial charge in [0.2, 0.25) is 0 Å². The molecule has 2 rings (SSSR count). The maximum atomic E-state index is 13.4. The van der Waals surface area contributed by atoms with Gasteiger partial charge in [-0.15, -0.1) is 0 Å². The summed E-state index contributed by atoms with van der Waals surface area (Å²) in [5, 5.41) is 8.97. The third-order valence-electron chi connectivity index (χ3n) is 2.47. The molecule has 0 radical (unpaired) electrons. The Balaban J connectivity index is 2.38. The number of carbonyl (C=O) groups is 1. The Hall–Kier alpha value is -2.56. The molecule has 0 fully saturated rings. The molecule has 96 valence electrons. The molecule has 0 saturated heterocycles. The lowest BCUT2D eigenvalue weighted by Gasteiger charge is -2.00. The van der Waals surface area contributed by atoms with Gasteiger partial charge in [0, 0.05) is 11.8 Å². The summed E-state index contributed by atoms with van der Waals surface area (Å²) in [6.07, 6.45) is 1.20. The van der Waals surface area contributed by atoms with Gasteiger partial charge in [0.25, 0.3) is 0 Å². The van der Waals surface area contributed by atoms with E-state index in [0.29, 0.717) is 5.56 Å². The second-order valence-electron chi connectivity index (χ2n) is 3.72. The molecule has 0 amide bonds. The minimum atomic E-state index is -1.11. The number of benzene rings is 2. The molecule has 0 aliphatic heterocycles. The second kappa shape index (κ2) is 5.39. The van der Waals surface area contributed by atoms with Crippen molar-refractivity contribution in [2.45, 2.75) is 0 Å². The van der Waals surface area contributed by atoms with E-state index in [0.717, 1.165) is 6.07 Å². The van der Waals surface area contributed by atoms with Gasteiger partial charge in [0.05, 0.1) is 5.56 Å². The molecule has 5 heteroatoms. The Morgan fingerprint density at radius 1 is 1.11 bits per heavy atom. The Kier molecular flexibility index (Phi) is 3.66. The van der Waals surface area contributed by atoms with E-state index in [1.54, 1.807) is 12.1 Å². The van der Waals surface area contributed by atoms with Gasteiger partial charge in [0.1, 0.15) is 5.69 Å². The van der Waals surface area contributed by atoms with Crippen LogP contribution in [0.5, 0.6) is 0 Å². The molecule has 0 aromatic heterocycles. The number of nitrogens with zero attached hydrogens (tertiary/aromatic N) is 1. The Morgan fingerprint density at radius 2 is 1.84 bits per heavy atom. The first kappa shape index (κ1) is 12.9. The molecule has 0 bridgehead atoms. The first-order valence-corrected chi connectivity index (χ1v) is 5.40. The number of aromatic carboxylic acids is 1. The van der Waals surface area contributed by atoms with Crippen molar-refractivity contribution in [1.82, 2.24) is 0 Å². The summed E-state index contributed by atoms with van der Waals surface area (Å²) in [5.74, 6) is -3.17. The highest BCUT2D eigenvalue weighted by atomic mass is 19.2. The van der Waals surface area contributed by atoms with Crippen LogP contribution >= 0.6 is 0 Å². The molecule has 1 N–H and O–H groups in total. The van der Waals surface area contributed by atoms with Crippen LogP contribution in [0.4, 0.5) is 14.5 Å². The maximum absolute atomic E-state index is 13.4. The van der Waals surface area contributed by atoms with Gasteiger partial charge in [-0.3, -0.25) is 4.99 Å². The zero-order chi connectivity index (χ0) is 13.8. The summed E-state index contributed by atoms with van der Waals surface area (Å²) in [5.41, 5.74) is 0.182. The minimum Gasteiger partial charge on any atom is -0.478 e. The number of rotatable bonds is 3. The van der Waals surface area contributed by atoms with Crippen LogP contribution in [0.3, 0.4) is 0 Å². The molecule has 0 saturated carbocycles. The fourth-order valence-electron chi connectivity index (χ4n) is 1.54. The van der Waals surface area contributed by atoms with E-state index in [4.69, 9.17) is 5.11 Å². The summed E-state index contributed by atoms with van der Waals surface area (Å²) in [6, 6.07) is 9.76. The van der Waals surface area contributed by atoms with Crippen LogP contribution in [0.2, 0.25) is 0 Å². The van der Waals surface area contributed by atoms with Crippen LogP contribution in [0, 0.1) is 11.6 Å². The maximum Gasteiger partial charge on any atom is 0.336 e. The van der Waals surface area contributed by atoms with E-state index in [9.17, 15) is 13.6 Å². The van der Waals surface area contributed by atoms with Gasteiger partial charge in [-0.1, -0.05) is 24.3 Å².